The van der Waals surface area contributed by atoms with Gasteiger partial charge in [0.05, 0.1) is 0 Å². The Morgan fingerprint density at radius 2 is 1.71 bits per heavy atom. The molecule has 0 radical (unpaired) electrons. The van der Waals surface area contributed by atoms with Crippen molar-refractivity contribution < 1.29 is 0 Å². The summed E-state index contributed by atoms with van der Waals surface area (Å²) < 4.78 is 0. The summed E-state index contributed by atoms with van der Waals surface area (Å²) in [5.74, 6) is 1.83. The zero-order valence-corrected chi connectivity index (χ0v) is 11.4. The van der Waals surface area contributed by atoms with Gasteiger partial charge < -0.3 is 4.90 Å². The molecule has 1 aliphatic heterocycles. The molecule has 88 valence electrons. The largest absolute Gasteiger partial charge is 0.306 e. The van der Waals surface area contributed by atoms with E-state index < -0.39 is 0 Å². The highest BCUT2D eigenvalue weighted by Gasteiger charge is 2.13. The Bertz CT molecular complexity index is 91.4. The standard InChI is InChI=1S/C6H13N.C5H12.C2H6/c1-6-3-4-7(2)5-6;1-4-5(2)3;1-2/h6H,3-5H2,1-2H3;5H,4H2,1-3H3;1-2H3/t6-;;/m1../s1. The van der Waals surface area contributed by atoms with Gasteiger partial charge in [-0.05, 0) is 31.8 Å². The summed E-state index contributed by atoms with van der Waals surface area (Å²) in [5, 5.41) is 0. The molecule has 0 saturated carbocycles. The molecule has 14 heavy (non-hydrogen) atoms. The average molecular weight is 201 g/mol. The van der Waals surface area contributed by atoms with Gasteiger partial charge in [0.25, 0.3) is 0 Å². The first-order valence-corrected chi connectivity index (χ1v) is 6.24. The Morgan fingerprint density at radius 1 is 1.29 bits per heavy atom. The van der Waals surface area contributed by atoms with Gasteiger partial charge in [0.2, 0.25) is 0 Å². The van der Waals surface area contributed by atoms with E-state index in [9.17, 15) is 0 Å². The highest BCUT2D eigenvalue weighted by Crippen LogP contribution is 2.11. The lowest BCUT2D eigenvalue weighted by molar-refractivity contribution is 0.402. The summed E-state index contributed by atoms with van der Waals surface area (Å²) in [4.78, 5) is 2.38. The first-order valence-electron chi connectivity index (χ1n) is 6.24. The van der Waals surface area contributed by atoms with Gasteiger partial charge in [-0.25, -0.2) is 0 Å². The van der Waals surface area contributed by atoms with Gasteiger partial charge in [-0.3, -0.25) is 0 Å². The number of hydrogen-bond acceptors (Lipinski definition) is 1. The first kappa shape index (κ1) is 16.4. The Hall–Kier alpha value is -0.0400. The molecule has 0 aromatic carbocycles. The average Bonchev–Trinajstić information content (AvgIpc) is 2.54. The van der Waals surface area contributed by atoms with Crippen molar-refractivity contribution in [2.45, 2.75) is 54.4 Å². The van der Waals surface area contributed by atoms with Gasteiger partial charge in [-0.1, -0.05) is 48.0 Å². The van der Waals surface area contributed by atoms with Gasteiger partial charge >= 0.3 is 0 Å². The predicted molar refractivity (Wildman–Crippen MR) is 67.8 cm³/mol. The second-order valence-electron chi connectivity index (χ2n) is 4.46. The first-order chi connectivity index (χ1) is 6.56. The van der Waals surface area contributed by atoms with E-state index in [1.807, 2.05) is 13.8 Å². The van der Waals surface area contributed by atoms with Crippen molar-refractivity contribution in [3.05, 3.63) is 0 Å². The minimum atomic E-state index is 0.884. The van der Waals surface area contributed by atoms with Crippen LogP contribution < -0.4 is 0 Å². The summed E-state index contributed by atoms with van der Waals surface area (Å²) in [6.07, 6.45) is 2.70. The van der Waals surface area contributed by atoms with Gasteiger partial charge in [-0.15, -0.1) is 0 Å². The van der Waals surface area contributed by atoms with Crippen molar-refractivity contribution in [2.75, 3.05) is 20.1 Å². The summed E-state index contributed by atoms with van der Waals surface area (Å²) >= 11 is 0. The number of nitrogens with zero attached hydrogens (tertiary/aromatic N) is 1. The second kappa shape index (κ2) is 11.0. The molecule has 1 atom stereocenters. The molecule has 1 nitrogen and oxygen atoms in total. The smallest absolute Gasteiger partial charge is 0.000445 e. The molecule has 1 aliphatic rings. The lowest BCUT2D eigenvalue weighted by Gasteiger charge is -2.03. The van der Waals surface area contributed by atoms with Gasteiger partial charge in [-0.2, -0.15) is 0 Å². The molecule has 0 bridgehead atoms. The molecule has 0 spiro atoms. The van der Waals surface area contributed by atoms with Gasteiger partial charge in [0.1, 0.15) is 0 Å². The normalized spacial score (nSPS) is 21.0. The fourth-order valence-electron chi connectivity index (χ4n) is 1.16. The maximum Gasteiger partial charge on any atom is 0.000445 e. The fraction of sp³-hybridized carbons (Fsp3) is 1.00. The maximum atomic E-state index is 2.38. The third-order valence-electron chi connectivity index (χ3n) is 2.44. The predicted octanol–water partition coefficient (Wildman–Crippen LogP) is 4.04. The molecule has 0 aromatic heterocycles. The maximum absolute atomic E-state index is 2.38. The topological polar surface area (TPSA) is 3.24 Å². The van der Waals surface area contributed by atoms with Crippen LogP contribution in [0.25, 0.3) is 0 Å². The second-order valence-corrected chi connectivity index (χ2v) is 4.46. The van der Waals surface area contributed by atoms with Crippen LogP contribution in [0, 0.1) is 11.8 Å². The molecular formula is C13H31N. The molecule has 1 rings (SSSR count). The molecule has 1 heterocycles. The zero-order valence-electron chi connectivity index (χ0n) is 11.4. The van der Waals surface area contributed by atoms with E-state index in [0.29, 0.717) is 0 Å². The molecule has 1 heteroatoms. The minimum Gasteiger partial charge on any atom is -0.306 e. The molecule has 0 aliphatic carbocycles. The van der Waals surface area contributed by atoms with Crippen molar-refractivity contribution in [2.24, 2.45) is 11.8 Å². The number of likely N-dealkylation sites (tertiary alicyclic amines) is 1. The van der Waals surface area contributed by atoms with E-state index in [1.54, 1.807) is 0 Å². The quantitative estimate of drug-likeness (QED) is 0.619. The Balaban J connectivity index is 0. The monoisotopic (exact) mass is 201 g/mol. The van der Waals surface area contributed by atoms with E-state index in [2.05, 4.69) is 39.6 Å². The van der Waals surface area contributed by atoms with Crippen LogP contribution in [0.1, 0.15) is 54.4 Å². The van der Waals surface area contributed by atoms with E-state index in [0.717, 1.165) is 11.8 Å². The zero-order chi connectivity index (χ0) is 11.6. The Morgan fingerprint density at radius 3 is 1.79 bits per heavy atom. The fourth-order valence-corrected chi connectivity index (χ4v) is 1.16. The van der Waals surface area contributed by atoms with Crippen LogP contribution in [0.15, 0.2) is 0 Å². The van der Waals surface area contributed by atoms with E-state index in [-0.39, 0.29) is 0 Å². The molecule has 0 aromatic rings. The van der Waals surface area contributed by atoms with E-state index in [1.165, 1.54) is 25.9 Å². The lowest BCUT2D eigenvalue weighted by atomic mass is 10.2. The van der Waals surface area contributed by atoms with E-state index in [4.69, 9.17) is 0 Å². The van der Waals surface area contributed by atoms with Crippen LogP contribution in [0.3, 0.4) is 0 Å². The van der Waals surface area contributed by atoms with Crippen molar-refractivity contribution in [3.8, 4) is 0 Å². The summed E-state index contributed by atoms with van der Waals surface area (Å²) in [6.45, 7) is 15.6. The van der Waals surface area contributed by atoms with Crippen molar-refractivity contribution in [1.82, 2.24) is 4.90 Å². The van der Waals surface area contributed by atoms with Crippen molar-refractivity contribution >= 4 is 0 Å². The molecule has 1 saturated heterocycles. The van der Waals surface area contributed by atoms with Gasteiger partial charge in [0, 0.05) is 6.54 Å². The number of rotatable bonds is 1. The van der Waals surface area contributed by atoms with Crippen molar-refractivity contribution in [1.29, 1.82) is 0 Å². The van der Waals surface area contributed by atoms with Gasteiger partial charge in [0.15, 0.2) is 0 Å². The molecular weight excluding hydrogens is 170 g/mol. The van der Waals surface area contributed by atoms with Crippen LogP contribution in [0.2, 0.25) is 0 Å². The SMILES string of the molecule is CC.CCC(C)C.C[C@@H]1CCN(C)C1. The summed E-state index contributed by atoms with van der Waals surface area (Å²) in [6, 6.07) is 0. The highest BCUT2D eigenvalue weighted by atomic mass is 15.1. The van der Waals surface area contributed by atoms with Crippen molar-refractivity contribution in [3.63, 3.8) is 0 Å². The van der Waals surface area contributed by atoms with Crippen LogP contribution in [0.5, 0.6) is 0 Å². The van der Waals surface area contributed by atoms with Crippen LogP contribution in [-0.2, 0) is 0 Å². The molecule has 0 N–H and O–H groups in total. The third kappa shape index (κ3) is 12.0. The lowest BCUT2D eigenvalue weighted by Crippen LogP contribution is -2.12. The minimum absolute atomic E-state index is 0.884. The number of hydrogen-bond donors (Lipinski definition) is 0. The summed E-state index contributed by atoms with van der Waals surface area (Å²) in [5.41, 5.74) is 0. The van der Waals surface area contributed by atoms with Crippen LogP contribution >= 0.6 is 0 Å². The van der Waals surface area contributed by atoms with E-state index >= 15 is 0 Å². The molecule has 0 amide bonds. The Labute approximate surface area is 91.9 Å². The summed E-state index contributed by atoms with van der Waals surface area (Å²) in [7, 11) is 2.18. The van der Waals surface area contributed by atoms with Crippen LogP contribution in [0.4, 0.5) is 0 Å². The Kier molecular flexibility index (Phi) is 12.9. The highest BCUT2D eigenvalue weighted by molar-refractivity contribution is 4.67. The van der Waals surface area contributed by atoms with Crippen LogP contribution in [-0.4, -0.2) is 25.0 Å². The third-order valence-corrected chi connectivity index (χ3v) is 2.44. The molecule has 1 fully saturated rings. The molecule has 0 unspecified atom stereocenters.